The van der Waals surface area contributed by atoms with Crippen molar-refractivity contribution in [1.82, 2.24) is 24.9 Å². The number of aromatic amines is 1. The Kier molecular flexibility index (Phi) is 2.76. The van der Waals surface area contributed by atoms with Crippen LogP contribution in [0, 0.1) is 5.82 Å². The van der Waals surface area contributed by atoms with E-state index in [0.29, 0.717) is 36.7 Å². The number of nitrogens with one attached hydrogen (secondary N) is 1. The number of nitrogen functional groups attached to an aromatic ring is 1. The summed E-state index contributed by atoms with van der Waals surface area (Å²) in [5, 5.41) is 0.594. The number of fused-ring (bicyclic) bond motifs is 2. The zero-order valence-electron chi connectivity index (χ0n) is 10.4. The molecule has 0 aliphatic rings. The Morgan fingerprint density at radius 3 is 2.95 bits per heavy atom. The molecule has 4 aromatic rings. The number of imidazole rings is 1. The van der Waals surface area contributed by atoms with E-state index in [4.69, 9.17) is 5.73 Å². The lowest BCUT2D eigenvalue weighted by molar-refractivity contribution is 0.641. The maximum Gasteiger partial charge on any atom is 0.183 e. The summed E-state index contributed by atoms with van der Waals surface area (Å²) in [7, 11) is 0. The molecule has 0 unspecified atom stereocenters. The number of anilines is 1. The van der Waals surface area contributed by atoms with E-state index in [-0.39, 0.29) is 5.82 Å². The van der Waals surface area contributed by atoms with Crippen LogP contribution in [0.4, 0.5) is 10.2 Å². The molecule has 1 aromatic carbocycles. The van der Waals surface area contributed by atoms with E-state index in [9.17, 15) is 4.39 Å². The fourth-order valence-corrected chi connectivity index (χ4v) is 3.85. The number of halogens is 1. The first-order valence-electron chi connectivity index (χ1n) is 5.90. The molecule has 6 nitrogen and oxygen atoms in total. The molecule has 0 fully saturated rings. The number of nitrogens with two attached hydrogens (primary N) is 1. The largest absolute Gasteiger partial charge is 0.382 e. The van der Waals surface area contributed by atoms with Crippen LogP contribution in [0.25, 0.3) is 21.4 Å². The molecule has 0 aliphatic carbocycles. The van der Waals surface area contributed by atoms with Gasteiger partial charge in [-0.1, -0.05) is 6.07 Å². The Morgan fingerprint density at radius 2 is 2.14 bits per heavy atom. The molecule has 0 spiro atoms. The van der Waals surface area contributed by atoms with E-state index in [1.807, 2.05) is 0 Å². The quantitative estimate of drug-likeness (QED) is 0.590. The average molecular weight is 318 g/mol. The van der Waals surface area contributed by atoms with Crippen LogP contribution in [0.3, 0.4) is 0 Å². The molecule has 0 saturated heterocycles. The fourth-order valence-electron chi connectivity index (χ4n) is 1.89. The Morgan fingerprint density at radius 1 is 1.24 bits per heavy atom. The number of rotatable bonds is 2. The Bertz CT molecular complexity index is 885. The number of aromatic nitrogens is 5. The highest BCUT2D eigenvalue weighted by Crippen LogP contribution is 2.34. The highest BCUT2D eigenvalue weighted by atomic mass is 32.2. The molecule has 3 heterocycles. The summed E-state index contributed by atoms with van der Waals surface area (Å²) in [6, 6.07) is 4.84. The van der Waals surface area contributed by atoms with Crippen LogP contribution in [-0.2, 0) is 0 Å². The highest BCUT2D eigenvalue weighted by Gasteiger charge is 2.13. The summed E-state index contributed by atoms with van der Waals surface area (Å²) in [5.41, 5.74) is 7.47. The van der Waals surface area contributed by atoms with Gasteiger partial charge in [0.15, 0.2) is 21.0 Å². The van der Waals surface area contributed by atoms with Gasteiger partial charge in [-0.05, 0) is 23.9 Å². The van der Waals surface area contributed by atoms with Crippen molar-refractivity contribution >= 4 is 50.3 Å². The van der Waals surface area contributed by atoms with Crippen LogP contribution in [0.2, 0.25) is 0 Å². The minimum Gasteiger partial charge on any atom is -0.382 e. The van der Waals surface area contributed by atoms with Gasteiger partial charge in [0, 0.05) is 0 Å². The number of hydrogen-bond acceptors (Lipinski definition) is 7. The van der Waals surface area contributed by atoms with Crippen LogP contribution in [-0.4, -0.2) is 24.9 Å². The second kappa shape index (κ2) is 4.64. The minimum atomic E-state index is -0.267. The molecule has 3 aromatic heterocycles. The van der Waals surface area contributed by atoms with Crippen molar-refractivity contribution in [1.29, 1.82) is 0 Å². The van der Waals surface area contributed by atoms with Gasteiger partial charge in [-0.3, -0.25) is 0 Å². The lowest BCUT2D eigenvalue weighted by Crippen LogP contribution is -1.91. The van der Waals surface area contributed by atoms with Crippen molar-refractivity contribution in [3.8, 4) is 0 Å². The molecular formula is C12H7FN6S2. The first-order valence-corrected chi connectivity index (χ1v) is 7.53. The standard InChI is InChI=1S/C12H7FN6S2/c13-5-2-1-3-6-8(5)20-12(17-6)21-11-18-7-9(14)15-4-16-10(7)19-11/h1-4H,(H3,14,15,16,18,19). The lowest BCUT2D eigenvalue weighted by Gasteiger charge is -1.90. The SMILES string of the molecule is Nc1ncnc2nc(Sc3nc4cccc(F)c4s3)[nH]c12. The molecule has 0 saturated carbocycles. The zero-order chi connectivity index (χ0) is 14.4. The molecule has 21 heavy (non-hydrogen) atoms. The van der Waals surface area contributed by atoms with Crippen molar-refractivity contribution < 1.29 is 4.39 Å². The van der Waals surface area contributed by atoms with Gasteiger partial charge in [-0.15, -0.1) is 11.3 Å². The van der Waals surface area contributed by atoms with Gasteiger partial charge in [0.05, 0.1) is 10.2 Å². The lowest BCUT2D eigenvalue weighted by atomic mass is 10.3. The van der Waals surface area contributed by atoms with Gasteiger partial charge in [0.25, 0.3) is 0 Å². The second-order valence-electron chi connectivity index (χ2n) is 4.17. The smallest absolute Gasteiger partial charge is 0.183 e. The summed E-state index contributed by atoms with van der Waals surface area (Å²) >= 11 is 2.59. The third kappa shape index (κ3) is 2.10. The van der Waals surface area contributed by atoms with Gasteiger partial charge < -0.3 is 10.7 Å². The highest BCUT2D eigenvalue weighted by molar-refractivity contribution is 8.01. The number of benzene rings is 1. The summed E-state index contributed by atoms with van der Waals surface area (Å²) < 4.78 is 14.9. The minimum absolute atomic E-state index is 0.267. The first-order chi connectivity index (χ1) is 10.2. The van der Waals surface area contributed by atoms with Crippen molar-refractivity contribution in [3.05, 3.63) is 30.3 Å². The van der Waals surface area contributed by atoms with Gasteiger partial charge in [-0.25, -0.2) is 24.3 Å². The van der Waals surface area contributed by atoms with E-state index in [2.05, 4.69) is 24.9 Å². The van der Waals surface area contributed by atoms with Crippen molar-refractivity contribution in [2.45, 2.75) is 9.50 Å². The molecular weight excluding hydrogens is 311 g/mol. The second-order valence-corrected chi connectivity index (χ2v) is 6.40. The predicted octanol–water partition coefficient (Wildman–Crippen LogP) is 2.84. The number of hydrogen-bond donors (Lipinski definition) is 2. The third-order valence-electron chi connectivity index (χ3n) is 2.83. The summed E-state index contributed by atoms with van der Waals surface area (Å²) in [6.45, 7) is 0. The molecule has 9 heteroatoms. The van der Waals surface area contributed by atoms with E-state index in [0.717, 1.165) is 0 Å². The molecule has 0 amide bonds. The van der Waals surface area contributed by atoms with Crippen LogP contribution in [0.15, 0.2) is 34.0 Å². The number of H-pyrrole nitrogens is 1. The monoisotopic (exact) mass is 318 g/mol. The van der Waals surface area contributed by atoms with Gasteiger partial charge in [0.1, 0.15) is 17.7 Å². The van der Waals surface area contributed by atoms with Gasteiger partial charge in [0.2, 0.25) is 0 Å². The third-order valence-corrected chi connectivity index (χ3v) is 4.85. The van der Waals surface area contributed by atoms with Crippen molar-refractivity contribution in [2.75, 3.05) is 5.73 Å². The summed E-state index contributed by atoms with van der Waals surface area (Å²) in [6.07, 6.45) is 1.36. The van der Waals surface area contributed by atoms with Crippen LogP contribution < -0.4 is 5.73 Å². The molecule has 0 aliphatic heterocycles. The number of thiazole rings is 1. The Hall–Kier alpha value is -2.26. The molecule has 104 valence electrons. The maximum absolute atomic E-state index is 13.7. The van der Waals surface area contributed by atoms with Crippen LogP contribution in [0.1, 0.15) is 0 Å². The predicted molar refractivity (Wildman–Crippen MR) is 79.8 cm³/mol. The van der Waals surface area contributed by atoms with E-state index in [1.165, 1.54) is 35.5 Å². The zero-order valence-corrected chi connectivity index (χ0v) is 12.0. The van der Waals surface area contributed by atoms with E-state index in [1.54, 1.807) is 12.1 Å². The van der Waals surface area contributed by atoms with Crippen LogP contribution >= 0.6 is 23.1 Å². The molecule has 4 rings (SSSR count). The summed E-state index contributed by atoms with van der Waals surface area (Å²) in [4.78, 5) is 19.7. The topological polar surface area (TPSA) is 93.4 Å². The van der Waals surface area contributed by atoms with Crippen molar-refractivity contribution in [3.63, 3.8) is 0 Å². The fraction of sp³-hybridized carbons (Fsp3) is 0. The number of nitrogens with zero attached hydrogens (tertiary/aromatic N) is 4. The molecule has 0 bridgehead atoms. The van der Waals surface area contributed by atoms with Crippen LogP contribution in [0.5, 0.6) is 0 Å². The van der Waals surface area contributed by atoms with Gasteiger partial charge >= 0.3 is 0 Å². The van der Waals surface area contributed by atoms with Crippen molar-refractivity contribution in [2.24, 2.45) is 0 Å². The molecule has 0 atom stereocenters. The van der Waals surface area contributed by atoms with E-state index >= 15 is 0 Å². The average Bonchev–Trinajstić information content (AvgIpc) is 3.04. The normalized spacial score (nSPS) is 11.5. The van der Waals surface area contributed by atoms with E-state index < -0.39 is 0 Å². The molecule has 3 N–H and O–H groups in total. The van der Waals surface area contributed by atoms with Gasteiger partial charge in [-0.2, -0.15) is 0 Å². The first kappa shape index (κ1) is 12.5. The maximum atomic E-state index is 13.7. The molecule has 0 radical (unpaired) electrons. The Labute approximate surface area is 125 Å². The Balaban J connectivity index is 1.75. The summed E-state index contributed by atoms with van der Waals surface area (Å²) in [5.74, 6) is 0.0752.